The molecule has 0 spiro atoms. The summed E-state index contributed by atoms with van der Waals surface area (Å²) in [5.41, 5.74) is 10.2. The number of benzene rings is 4. The van der Waals surface area contributed by atoms with Gasteiger partial charge in [0.15, 0.2) is 0 Å². The van der Waals surface area contributed by atoms with E-state index in [1.54, 1.807) is 0 Å². The van der Waals surface area contributed by atoms with Crippen LogP contribution in [0.1, 0.15) is 88.1 Å². The summed E-state index contributed by atoms with van der Waals surface area (Å²) in [4.78, 5) is 19.0. The van der Waals surface area contributed by atoms with Crippen LogP contribution in [0.5, 0.6) is 23.0 Å². The number of aryl methyl sites for hydroxylation is 2. The second-order valence-corrected chi connectivity index (χ2v) is 16.3. The molecular weight excluding hydrogens is 1090 g/mol. The van der Waals surface area contributed by atoms with E-state index in [-0.39, 0.29) is 59.4 Å². The molecule has 0 atom stereocenters. The molecule has 0 aliphatic carbocycles. The molecule has 0 N–H and O–H groups in total. The third-order valence-corrected chi connectivity index (χ3v) is 10.2. The normalized spacial score (nSPS) is 11.5. The minimum atomic E-state index is -0.111. The summed E-state index contributed by atoms with van der Waals surface area (Å²) >= 11 is 0. The summed E-state index contributed by atoms with van der Waals surface area (Å²) in [5, 5.41) is 1.91. The van der Waals surface area contributed by atoms with Crippen LogP contribution in [-0.4, -0.2) is 24.5 Å². The van der Waals surface area contributed by atoms with Crippen molar-refractivity contribution in [3.05, 3.63) is 150 Å². The molecule has 8 aromatic rings. The number of ether oxygens (including phenoxy) is 2. The van der Waals surface area contributed by atoms with Gasteiger partial charge < -0.3 is 24.0 Å². The maximum Gasteiger partial charge on any atom is 2.00 e. The summed E-state index contributed by atoms with van der Waals surface area (Å²) in [7, 11) is 0. The topological polar surface area (TPSA) is 75.0 Å². The van der Waals surface area contributed by atoms with E-state index in [0.717, 1.165) is 72.1 Å². The summed E-state index contributed by atoms with van der Waals surface area (Å²) < 4.78 is 15.3. The number of fused-ring (bicyclic) bond motifs is 3. The van der Waals surface area contributed by atoms with Crippen molar-refractivity contribution in [2.45, 2.75) is 79.6 Å². The number of rotatable bonds is 9. The minimum absolute atomic E-state index is 0. The molecule has 4 heterocycles. The minimum Gasteiger partial charge on any atom is -0.503 e. The molecule has 59 heavy (non-hydrogen) atoms. The molecule has 0 bridgehead atoms. The van der Waals surface area contributed by atoms with E-state index < -0.39 is 0 Å². The van der Waals surface area contributed by atoms with Crippen LogP contribution in [0.3, 0.4) is 0 Å². The molecule has 0 aliphatic heterocycles. The van der Waals surface area contributed by atoms with Crippen molar-refractivity contribution in [1.29, 1.82) is 0 Å². The Bertz CT molecular complexity index is 2610. The first kappa shape index (κ1) is 43.6. The molecule has 0 fully saturated rings. The first-order valence-corrected chi connectivity index (χ1v) is 19.4. The third kappa shape index (κ3) is 9.13. The van der Waals surface area contributed by atoms with E-state index in [0.29, 0.717) is 28.9 Å². The van der Waals surface area contributed by atoms with Crippen LogP contribution in [0.25, 0.3) is 50.3 Å². The van der Waals surface area contributed by atoms with Gasteiger partial charge in [0.2, 0.25) is 5.95 Å². The fourth-order valence-corrected chi connectivity index (χ4v) is 6.90. The summed E-state index contributed by atoms with van der Waals surface area (Å²) in [5.74, 6) is 3.26. The Balaban J connectivity index is 0.00000293. The van der Waals surface area contributed by atoms with Crippen LogP contribution >= 0.6 is 0 Å². The Hall–Kier alpha value is -4.96. The van der Waals surface area contributed by atoms with Gasteiger partial charge in [0, 0.05) is 47.8 Å². The fraction of sp³-hybridized carbons (Fsp3) is 0.240. The van der Waals surface area contributed by atoms with Crippen molar-refractivity contribution in [2.24, 2.45) is 0 Å². The molecule has 302 valence electrons. The maximum atomic E-state index is 6.68. The van der Waals surface area contributed by atoms with Gasteiger partial charge in [0.25, 0.3) is 0 Å². The average molecular weight is 1140 g/mol. The van der Waals surface area contributed by atoms with Crippen molar-refractivity contribution >= 4 is 21.8 Å². The quantitative estimate of drug-likeness (QED) is 0.134. The molecule has 0 aliphatic rings. The third-order valence-electron chi connectivity index (χ3n) is 10.2. The SMILES string of the molecule is Cc1ccnc(-c2[c-]c(Oc3[c-]c4c(cc3)c3ccc(Oc5[c-]c(-c6cc(C)ccn6)ccc5C(C)C)[c-]c3n4-c3ncc(C(C)(C)C)cn3)c(C(C)C)cc2)c1.[Pt+2].[Pt+2]. The number of hydrogen-bond donors (Lipinski definition) is 0. The predicted molar refractivity (Wildman–Crippen MR) is 228 cm³/mol. The van der Waals surface area contributed by atoms with Crippen LogP contribution in [0, 0.1) is 38.1 Å². The Morgan fingerprint density at radius 2 is 1.00 bits per heavy atom. The summed E-state index contributed by atoms with van der Waals surface area (Å²) in [6.45, 7) is 19.2. The molecule has 0 amide bonds. The smallest absolute Gasteiger partial charge is 0.503 e. The standard InChI is InChI=1S/C50H45N5O2.2Pt/c1-30(2)39-14-10-34(43-22-32(5)18-20-51-43)24-47(39)56-37-12-16-41-42-17-13-38(27-46(42)55(45(41)26-37)49-53-28-36(29-54-49)50(7,8)9)57-48-25-35(11-15-40(48)31(3)4)44-23-33(6)19-21-52-44;;/h10-23,28-31H,1-9H3;;/q-4;2*+2. The first-order valence-electron chi connectivity index (χ1n) is 19.4. The summed E-state index contributed by atoms with van der Waals surface area (Å²) in [6, 6.07) is 38.6. The molecule has 0 saturated heterocycles. The van der Waals surface area contributed by atoms with Crippen molar-refractivity contribution in [3.63, 3.8) is 0 Å². The van der Waals surface area contributed by atoms with Crippen LogP contribution < -0.4 is 9.47 Å². The Morgan fingerprint density at radius 1 is 0.559 bits per heavy atom. The van der Waals surface area contributed by atoms with Crippen molar-refractivity contribution < 1.29 is 51.6 Å². The largest absolute Gasteiger partial charge is 2.00 e. The average Bonchev–Trinajstić information content (AvgIpc) is 3.50. The molecule has 0 unspecified atom stereocenters. The van der Waals surface area contributed by atoms with Crippen molar-refractivity contribution in [1.82, 2.24) is 24.5 Å². The molecule has 4 aromatic carbocycles. The fourth-order valence-electron chi connectivity index (χ4n) is 6.90. The number of hydrogen-bond acceptors (Lipinski definition) is 6. The van der Waals surface area contributed by atoms with Crippen LogP contribution in [-0.2, 0) is 47.5 Å². The Kier molecular flexibility index (Phi) is 13.1. The van der Waals surface area contributed by atoms with Crippen molar-refractivity contribution in [2.75, 3.05) is 0 Å². The molecular formula is C50H45N5O2Pt2. The molecule has 0 saturated carbocycles. The van der Waals surface area contributed by atoms with E-state index in [2.05, 4.69) is 145 Å². The van der Waals surface area contributed by atoms with E-state index in [9.17, 15) is 0 Å². The van der Waals surface area contributed by atoms with Gasteiger partial charge >= 0.3 is 42.1 Å². The van der Waals surface area contributed by atoms with E-state index >= 15 is 0 Å². The van der Waals surface area contributed by atoms with Crippen LogP contribution in [0.15, 0.2) is 97.6 Å². The van der Waals surface area contributed by atoms with Gasteiger partial charge in [0.1, 0.15) is 0 Å². The molecule has 8 rings (SSSR count). The van der Waals surface area contributed by atoms with E-state index in [1.807, 2.05) is 53.6 Å². The van der Waals surface area contributed by atoms with E-state index in [4.69, 9.17) is 19.4 Å². The Morgan fingerprint density at radius 3 is 1.39 bits per heavy atom. The maximum absolute atomic E-state index is 6.68. The zero-order chi connectivity index (χ0) is 40.0. The Labute approximate surface area is 376 Å². The van der Waals surface area contributed by atoms with Gasteiger partial charge in [-0.25, -0.2) is 9.97 Å². The van der Waals surface area contributed by atoms with Crippen LogP contribution in [0.4, 0.5) is 0 Å². The number of aromatic nitrogens is 5. The number of nitrogens with zero attached hydrogens (tertiary/aromatic N) is 5. The second kappa shape index (κ2) is 17.7. The number of pyridine rings is 2. The van der Waals surface area contributed by atoms with Gasteiger partial charge in [-0.05, 0) is 48.3 Å². The molecule has 9 heteroatoms. The zero-order valence-corrected chi connectivity index (χ0v) is 39.1. The second-order valence-electron chi connectivity index (χ2n) is 16.3. The summed E-state index contributed by atoms with van der Waals surface area (Å²) in [6.07, 6.45) is 7.43. The van der Waals surface area contributed by atoms with Gasteiger partial charge in [-0.15, -0.1) is 59.7 Å². The predicted octanol–water partition coefficient (Wildman–Crippen LogP) is 12.6. The van der Waals surface area contributed by atoms with E-state index in [1.165, 1.54) is 0 Å². The van der Waals surface area contributed by atoms with Gasteiger partial charge in [0.05, 0.1) is 0 Å². The van der Waals surface area contributed by atoms with Crippen molar-refractivity contribution in [3.8, 4) is 51.5 Å². The zero-order valence-electron chi connectivity index (χ0n) is 34.6. The van der Waals surface area contributed by atoms with Gasteiger partial charge in [-0.3, -0.25) is 0 Å². The molecule has 7 nitrogen and oxygen atoms in total. The first-order chi connectivity index (χ1) is 27.3. The van der Waals surface area contributed by atoms with Gasteiger partial charge in [-0.1, -0.05) is 118 Å². The molecule has 4 aromatic heterocycles. The monoisotopic (exact) mass is 1140 g/mol. The van der Waals surface area contributed by atoms with Gasteiger partial charge in [-0.2, -0.15) is 22.9 Å². The van der Waals surface area contributed by atoms with Crippen LogP contribution in [0.2, 0.25) is 0 Å². The molecule has 0 radical (unpaired) electrons.